The number of ketones is 1. The van der Waals surface area contributed by atoms with E-state index in [9.17, 15) is 22.8 Å². The Labute approximate surface area is 174 Å². The molecule has 1 fully saturated rings. The van der Waals surface area contributed by atoms with Crippen molar-refractivity contribution in [2.24, 2.45) is 5.92 Å². The number of hydrogen-bond donors (Lipinski definition) is 1. The minimum atomic E-state index is -4.58. The van der Waals surface area contributed by atoms with Gasteiger partial charge in [-0.15, -0.1) is 0 Å². The van der Waals surface area contributed by atoms with E-state index in [0.29, 0.717) is 5.56 Å². The summed E-state index contributed by atoms with van der Waals surface area (Å²) >= 11 is 6.13. The molecule has 158 valence electrons. The maximum Gasteiger partial charge on any atom is 0.416 e. The molecule has 1 heterocycles. The first kappa shape index (κ1) is 20.5. The van der Waals surface area contributed by atoms with Gasteiger partial charge in [0.2, 0.25) is 0 Å². The molecule has 0 saturated heterocycles. The summed E-state index contributed by atoms with van der Waals surface area (Å²) in [6, 6.07) is 7.74. The minimum Gasteiger partial charge on any atom is -0.490 e. The lowest BCUT2D eigenvalue weighted by Gasteiger charge is -2.34. The van der Waals surface area contributed by atoms with Gasteiger partial charge >= 0.3 is 12.1 Å². The van der Waals surface area contributed by atoms with Crippen LogP contribution in [0.15, 0.2) is 36.4 Å². The summed E-state index contributed by atoms with van der Waals surface area (Å²) in [4.78, 5) is 23.5. The smallest absolute Gasteiger partial charge is 0.416 e. The third kappa shape index (κ3) is 3.84. The highest BCUT2D eigenvalue weighted by Gasteiger charge is 2.39. The topological polar surface area (TPSA) is 72.8 Å². The molecule has 5 nitrogen and oxygen atoms in total. The van der Waals surface area contributed by atoms with Gasteiger partial charge in [0, 0.05) is 5.56 Å². The molecule has 0 aromatic heterocycles. The van der Waals surface area contributed by atoms with Gasteiger partial charge in [-0.25, -0.2) is 0 Å². The first-order valence-electron chi connectivity index (χ1n) is 9.22. The lowest BCUT2D eigenvalue weighted by Crippen LogP contribution is -2.38. The van der Waals surface area contributed by atoms with Crippen LogP contribution in [0.4, 0.5) is 13.2 Å². The lowest BCUT2D eigenvalue weighted by atomic mass is 9.82. The molecule has 30 heavy (non-hydrogen) atoms. The molecule has 4 rings (SSSR count). The first-order valence-corrected chi connectivity index (χ1v) is 9.60. The monoisotopic (exact) mass is 440 g/mol. The van der Waals surface area contributed by atoms with Gasteiger partial charge in [0.05, 0.1) is 28.5 Å². The average Bonchev–Trinajstić information content (AvgIpc) is 2.64. The van der Waals surface area contributed by atoms with E-state index in [0.717, 1.165) is 12.1 Å². The van der Waals surface area contributed by atoms with E-state index in [2.05, 4.69) is 0 Å². The highest BCUT2D eigenvalue weighted by Crippen LogP contribution is 2.44. The fourth-order valence-electron chi connectivity index (χ4n) is 3.61. The van der Waals surface area contributed by atoms with Crippen molar-refractivity contribution in [1.29, 1.82) is 0 Å². The number of ether oxygens (including phenoxy) is 2. The molecule has 9 heteroatoms. The van der Waals surface area contributed by atoms with Crippen LogP contribution >= 0.6 is 11.6 Å². The highest BCUT2D eigenvalue weighted by molar-refractivity contribution is 6.32. The number of carboxylic acid groups (broad SMARTS) is 1. The molecule has 1 aliphatic carbocycles. The summed E-state index contributed by atoms with van der Waals surface area (Å²) in [6.45, 7) is 0. The lowest BCUT2D eigenvalue weighted by molar-refractivity contribution is -0.148. The Hall–Kier alpha value is -2.74. The van der Waals surface area contributed by atoms with Crippen molar-refractivity contribution < 1.29 is 37.3 Å². The maximum atomic E-state index is 13.2. The molecule has 0 amide bonds. The Balaban J connectivity index is 1.66. The molecular formula is C21H16ClF3O5. The number of fused-ring (bicyclic) bond motifs is 1. The van der Waals surface area contributed by atoms with Crippen LogP contribution in [0.5, 0.6) is 11.5 Å². The van der Waals surface area contributed by atoms with E-state index < -0.39 is 35.8 Å². The summed E-state index contributed by atoms with van der Waals surface area (Å²) in [5, 5.41) is 9.23. The Bertz CT molecular complexity index is 1010. The largest absolute Gasteiger partial charge is 0.490 e. The quantitative estimate of drug-likeness (QED) is 0.697. The van der Waals surface area contributed by atoms with Crippen LogP contribution in [0.3, 0.4) is 0 Å². The molecule has 2 aromatic rings. The first-order chi connectivity index (χ1) is 14.1. The summed E-state index contributed by atoms with van der Waals surface area (Å²) in [5.41, 5.74) is -0.312. The van der Waals surface area contributed by atoms with Crippen LogP contribution in [0, 0.1) is 5.92 Å². The molecular weight excluding hydrogens is 425 g/mol. The molecule has 1 unspecified atom stereocenters. The zero-order chi connectivity index (χ0) is 21.6. The SMILES string of the molecule is O=C1CC(c2ccc(C(F)(F)F)cc2OC2CC(C(=O)O)C2)Oc2c(Cl)cccc21. The number of carboxylic acids is 1. The van der Waals surface area contributed by atoms with Crippen LogP contribution < -0.4 is 9.47 Å². The predicted octanol–water partition coefficient (Wildman–Crippen LogP) is 5.31. The Morgan fingerprint density at radius 3 is 2.60 bits per heavy atom. The van der Waals surface area contributed by atoms with E-state index >= 15 is 0 Å². The third-order valence-electron chi connectivity index (χ3n) is 5.32. The van der Waals surface area contributed by atoms with E-state index in [1.807, 2.05) is 0 Å². The number of alkyl halides is 3. The standard InChI is InChI=1S/C21H16ClF3O5/c22-15-3-1-2-13-16(26)9-18(30-19(13)15)14-5-4-11(21(23,24)25)8-17(14)29-12-6-10(7-12)20(27)28/h1-5,8,10,12,18H,6-7,9H2,(H,27,28). The van der Waals surface area contributed by atoms with Gasteiger partial charge in [-0.05, 0) is 37.1 Å². The maximum absolute atomic E-state index is 13.2. The number of benzene rings is 2. The van der Waals surface area contributed by atoms with E-state index in [-0.39, 0.29) is 47.1 Å². The van der Waals surface area contributed by atoms with Crippen LogP contribution in [-0.4, -0.2) is 23.0 Å². The van der Waals surface area contributed by atoms with E-state index in [1.54, 1.807) is 18.2 Å². The van der Waals surface area contributed by atoms with E-state index in [1.165, 1.54) is 6.07 Å². The molecule has 1 aliphatic heterocycles. The third-order valence-corrected chi connectivity index (χ3v) is 5.62. The van der Waals surface area contributed by atoms with Crippen molar-refractivity contribution >= 4 is 23.4 Å². The van der Waals surface area contributed by atoms with Crippen molar-refractivity contribution in [3.63, 3.8) is 0 Å². The van der Waals surface area contributed by atoms with Gasteiger partial charge in [0.25, 0.3) is 0 Å². The number of carbonyl (C=O) groups excluding carboxylic acids is 1. The molecule has 1 saturated carbocycles. The second-order valence-electron chi connectivity index (χ2n) is 7.35. The molecule has 0 radical (unpaired) electrons. The zero-order valence-corrected chi connectivity index (χ0v) is 16.2. The summed E-state index contributed by atoms with van der Waals surface area (Å²) in [7, 11) is 0. The van der Waals surface area contributed by atoms with Gasteiger partial charge in [0.15, 0.2) is 5.78 Å². The normalized spacial score (nSPS) is 23.2. The van der Waals surface area contributed by atoms with Crippen LogP contribution in [-0.2, 0) is 11.0 Å². The Kier molecular flexibility index (Phi) is 5.13. The van der Waals surface area contributed by atoms with Gasteiger partial charge in [-0.3, -0.25) is 9.59 Å². The molecule has 1 N–H and O–H groups in total. The molecule has 2 aromatic carbocycles. The van der Waals surface area contributed by atoms with Gasteiger partial charge < -0.3 is 14.6 Å². The Morgan fingerprint density at radius 1 is 1.20 bits per heavy atom. The number of aliphatic carboxylic acids is 1. The zero-order valence-electron chi connectivity index (χ0n) is 15.4. The van der Waals surface area contributed by atoms with E-state index in [4.69, 9.17) is 26.2 Å². The van der Waals surface area contributed by atoms with Crippen LogP contribution in [0.2, 0.25) is 5.02 Å². The molecule has 0 bridgehead atoms. The van der Waals surface area contributed by atoms with Crippen LogP contribution in [0.25, 0.3) is 0 Å². The molecule has 0 spiro atoms. The fourth-order valence-corrected chi connectivity index (χ4v) is 3.82. The Morgan fingerprint density at radius 2 is 1.93 bits per heavy atom. The number of rotatable bonds is 4. The minimum absolute atomic E-state index is 0.0769. The van der Waals surface area contributed by atoms with Crippen LogP contribution in [0.1, 0.15) is 46.9 Å². The number of Topliss-reactive ketones (excluding diaryl/α,β-unsaturated/α-hetero) is 1. The van der Waals surface area contributed by atoms with Crippen molar-refractivity contribution in [2.45, 2.75) is 37.6 Å². The summed E-state index contributed by atoms with van der Waals surface area (Å²) < 4.78 is 51.2. The molecule has 1 atom stereocenters. The predicted molar refractivity (Wildman–Crippen MR) is 100.0 cm³/mol. The number of hydrogen-bond acceptors (Lipinski definition) is 4. The number of halogens is 4. The second-order valence-corrected chi connectivity index (χ2v) is 7.75. The number of para-hydroxylation sites is 1. The van der Waals surface area contributed by atoms with Crippen molar-refractivity contribution in [3.8, 4) is 11.5 Å². The molecule has 2 aliphatic rings. The highest BCUT2D eigenvalue weighted by atomic mass is 35.5. The summed E-state index contributed by atoms with van der Waals surface area (Å²) in [5.74, 6) is -1.69. The average molecular weight is 441 g/mol. The fraction of sp³-hybridized carbons (Fsp3) is 0.333. The number of carbonyl (C=O) groups is 2. The van der Waals surface area contributed by atoms with Gasteiger partial charge in [-0.1, -0.05) is 23.7 Å². The van der Waals surface area contributed by atoms with Crippen molar-refractivity contribution in [3.05, 3.63) is 58.1 Å². The second kappa shape index (κ2) is 7.50. The van der Waals surface area contributed by atoms with Crippen molar-refractivity contribution in [1.82, 2.24) is 0 Å². The summed E-state index contributed by atoms with van der Waals surface area (Å²) in [6.07, 6.45) is -5.67. The van der Waals surface area contributed by atoms with Gasteiger partial charge in [-0.2, -0.15) is 13.2 Å². The van der Waals surface area contributed by atoms with Gasteiger partial charge in [0.1, 0.15) is 23.7 Å². The van der Waals surface area contributed by atoms with Crippen molar-refractivity contribution in [2.75, 3.05) is 0 Å².